The quantitative estimate of drug-likeness (QED) is 0.497. The predicted octanol–water partition coefficient (Wildman–Crippen LogP) is 5.07. The van der Waals surface area contributed by atoms with Crippen molar-refractivity contribution >= 4 is 39.1 Å². The van der Waals surface area contributed by atoms with Gasteiger partial charge in [-0.1, -0.05) is 45.2 Å². The molecule has 9 heteroatoms. The van der Waals surface area contributed by atoms with Gasteiger partial charge in [0.25, 0.3) is 0 Å². The fourth-order valence-electron chi connectivity index (χ4n) is 2.37. The van der Waals surface area contributed by atoms with Gasteiger partial charge in [-0.3, -0.25) is 0 Å². The standard InChI is InChI=1S/C18H17BrCl2N4O2/c1-2-26-17-6-12(8-24-25-10-22-23-11-25)14(19)7-18(17)27-9-13-15(20)4-3-5-16(13)21/h3-7,10-11,24H,2,8-9H2,1H3. The SMILES string of the molecule is CCOc1cc(CNn2cnnc2)c(Br)cc1OCc1c(Cl)cccc1Cl. The molecule has 0 fully saturated rings. The van der Waals surface area contributed by atoms with Crippen molar-refractivity contribution in [3.8, 4) is 11.5 Å². The second kappa shape index (κ2) is 9.30. The summed E-state index contributed by atoms with van der Waals surface area (Å²) in [6.45, 7) is 3.23. The van der Waals surface area contributed by atoms with Crippen LogP contribution in [0.15, 0.2) is 47.5 Å². The van der Waals surface area contributed by atoms with Crippen LogP contribution in [0.4, 0.5) is 0 Å². The van der Waals surface area contributed by atoms with Crippen LogP contribution in [0.1, 0.15) is 18.1 Å². The highest BCUT2D eigenvalue weighted by Crippen LogP contribution is 2.35. The molecule has 0 aliphatic carbocycles. The lowest BCUT2D eigenvalue weighted by Crippen LogP contribution is -2.13. The molecule has 6 nitrogen and oxygen atoms in total. The number of benzene rings is 2. The van der Waals surface area contributed by atoms with Crippen LogP contribution >= 0.6 is 39.1 Å². The van der Waals surface area contributed by atoms with E-state index in [-0.39, 0.29) is 6.61 Å². The Kier molecular flexibility index (Phi) is 6.82. The Morgan fingerprint density at radius 1 is 1.07 bits per heavy atom. The summed E-state index contributed by atoms with van der Waals surface area (Å²) in [4.78, 5) is 0. The number of halogens is 3. The van der Waals surface area contributed by atoms with Crippen molar-refractivity contribution in [2.45, 2.75) is 20.1 Å². The highest BCUT2D eigenvalue weighted by atomic mass is 79.9. The molecule has 142 valence electrons. The van der Waals surface area contributed by atoms with E-state index in [4.69, 9.17) is 32.7 Å². The number of nitrogens with one attached hydrogen (secondary N) is 1. The molecule has 0 spiro atoms. The lowest BCUT2D eigenvalue weighted by molar-refractivity contribution is 0.269. The van der Waals surface area contributed by atoms with Crippen molar-refractivity contribution in [2.75, 3.05) is 12.0 Å². The van der Waals surface area contributed by atoms with Crippen molar-refractivity contribution in [3.05, 3.63) is 68.6 Å². The van der Waals surface area contributed by atoms with E-state index in [2.05, 4.69) is 31.6 Å². The smallest absolute Gasteiger partial charge is 0.162 e. The zero-order valence-electron chi connectivity index (χ0n) is 14.5. The van der Waals surface area contributed by atoms with Crippen LogP contribution in [0.3, 0.4) is 0 Å². The molecule has 0 radical (unpaired) electrons. The van der Waals surface area contributed by atoms with Crippen LogP contribution in [0.25, 0.3) is 0 Å². The molecule has 1 aromatic heterocycles. The minimum absolute atomic E-state index is 0.239. The van der Waals surface area contributed by atoms with Gasteiger partial charge in [0.1, 0.15) is 19.3 Å². The van der Waals surface area contributed by atoms with Gasteiger partial charge < -0.3 is 14.9 Å². The van der Waals surface area contributed by atoms with E-state index in [1.54, 1.807) is 35.5 Å². The fraction of sp³-hybridized carbons (Fsp3) is 0.222. The van der Waals surface area contributed by atoms with E-state index >= 15 is 0 Å². The van der Waals surface area contributed by atoms with Gasteiger partial charge in [0.2, 0.25) is 0 Å². The molecule has 0 unspecified atom stereocenters. The van der Waals surface area contributed by atoms with Crippen LogP contribution in [0, 0.1) is 0 Å². The molecule has 0 bridgehead atoms. The molecule has 0 atom stereocenters. The topological polar surface area (TPSA) is 61.2 Å². The van der Waals surface area contributed by atoms with Crippen molar-refractivity contribution in [3.63, 3.8) is 0 Å². The summed E-state index contributed by atoms with van der Waals surface area (Å²) in [6, 6.07) is 9.16. The Balaban J connectivity index is 1.78. The van der Waals surface area contributed by atoms with Crippen LogP contribution in [0.5, 0.6) is 11.5 Å². The summed E-state index contributed by atoms with van der Waals surface area (Å²) in [5, 5.41) is 8.64. The molecule has 1 heterocycles. The summed E-state index contributed by atoms with van der Waals surface area (Å²) < 4.78 is 14.3. The highest BCUT2D eigenvalue weighted by Gasteiger charge is 2.13. The van der Waals surface area contributed by atoms with Crippen molar-refractivity contribution in [2.24, 2.45) is 0 Å². The Morgan fingerprint density at radius 3 is 2.41 bits per heavy atom. The third kappa shape index (κ3) is 5.06. The van der Waals surface area contributed by atoms with E-state index in [1.807, 2.05) is 19.1 Å². The Hall–Kier alpha value is -1.96. The van der Waals surface area contributed by atoms with Gasteiger partial charge in [-0.15, -0.1) is 10.2 Å². The van der Waals surface area contributed by atoms with E-state index in [9.17, 15) is 0 Å². The van der Waals surface area contributed by atoms with Gasteiger partial charge in [-0.05, 0) is 36.8 Å². The molecular weight excluding hydrogens is 455 g/mol. The molecule has 0 saturated carbocycles. The highest BCUT2D eigenvalue weighted by molar-refractivity contribution is 9.10. The molecular formula is C18H17BrCl2N4O2. The summed E-state index contributed by atoms with van der Waals surface area (Å²) >= 11 is 16.0. The first-order valence-corrected chi connectivity index (χ1v) is 9.72. The molecule has 3 aromatic rings. The van der Waals surface area contributed by atoms with Gasteiger partial charge in [-0.25, -0.2) is 4.68 Å². The summed E-state index contributed by atoms with van der Waals surface area (Å²) in [5.41, 5.74) is 4.90. The minimum atomic E-state index is 0.239. The zero-order valence-corrected chi connectivity index (χ0v) is 17.6. The van der Waals surface area contributed by atoms with Crippen LogP contribution in [0.2, 0.25) is 10.0 Å². The van der Waals surface area contributed by atoms with Crippen LogP contribution < -0.4 is 14.9 Å². The number of ether oxygens (including phenoxy) is 2. The van der Waals surface area contributed by atoms with Crippen LogP contribution in [-0.2, 0) is 13.2 Å². The molecule has 3 rings (SSSR count). The maximum Gasteiger partial charge on any atom is 0.162 e. The number of hydrogen-bond donors (Lipinski definition) is 1. The second-order valence-electron chi connectivity index (χ2n) is 5.52. The second-order valence-corrected chi connectivity index (χ2v) is 7.19. The first-order valence-electron chi connectivity index (χ1n) is 8.18. The molecule has 1 N–H and O–H groups in total. The Labute approximate surface area is 175 Å². The molecule has 27 heavy (non-hydrogen) atoms. The van der Waals surface area contributed by atoms with Gasteiger partial charge in [0.05, 0.1) is 13.2 Å². The maximum absolute atomic E-state index is 6.22. The van der Waals surface area contributed by atoms with E-state index < -0.39 is 0 Å². The largest absolute Gasteiger partial charge is 0.490 e. The normalized spacial score (nSPS) is 10.7. The van der Waals surface area contributed by atoms with Crippen molar-refractivity contribution in [1.82, 2.24) is 14.9 Å². The lowest BCUT2D eigenvalue weighted by atomic mass is 10.2. The summed E-state index contributed by atoms with van der Waals surface area (Å²) in [6.07, 6.45) is 3.17. The van der Waals surface area contributed by atoms with Crippen molar-refractivity contribution in [1.29, 1.82) is 0 Å². The monoisotopic (exact) mass is 470 g/mol. The first kappa shape index (κ1) is 19.8. The number of rotatable bonds is 8. The molecule has 2 aromatic carbocycles. The lowest BCUT2D eigenvalue weighted by Gasteiger charge is -2.16. The number of hydrogen-bond acceptors (Lipinski definition) is 5. The van der Waals surface area contributed by atoms with Gasteiger partial charge in [0.15, 0.2) is 11.5 Å². The Bertz CT molecular complexity index is 886. The molecule has 0 saturated heterocycles. The molecule has 0 aliphatic heterocycles. The third-order valence-corrected chi connectivity index (χ3v) is 5.16. The van der Waals surface area contributed by atoms with E-state index in [1.165, 1.54) is 0 Å². The van der Waals surface area contributed by atoms with E-state index in [0.717, 1.165) is 15.6 Å². The van der Waals surface area contributed by atoms with Gasteiger partial charge >= 0.3 is 0 Å². The average molecular weight is 472 g/mol. The first-order chi connectivity index (χ1) is 13.1. The van der Waals surface area contributed by atoms with Crippen LogP contribution in [-0.4, -0.2) is 21.5 Å². The minimum Gasteiger partial charge on any atom is -0.490 e. The predicted molar refractivity (Wildman–Crippen MR) is 109 cm³/mol. The average Bonchev–Trinajstić information content (AvgIpc) is 3.16. The van der Waals surface area contributed by atoms with Crippen molar-refractivity contribution < 1.29 is 9.47 Å². The van der Waals surface area contributed by atoms with Gasteiger partial charge in [-0.2, -0.15) is 0 Å². The number of aromatic nitrogens is 3. The Morgan fingerprint density at radius 2 is 1.74 bits per heavy atom. The van der Waals surface area contributed by atoms with E-state index in [0.29, 0.717) is 34.7 Å². The fourth-order valence-corrected chi connectivity index (χ4v) is 3.34. The molecule has 0 amide bonds. The van der Waals surface area contributed by atoms with Gasteiger partial charge in [0, 0.05) is 20.1 Å². The zero-order chi connectivity index (χ0) is 19.2. The third-order valence-electron chi connectivity index (χ3n) is 3.72. The summed E-state index contributed by atoms with van der Waals surface area (Å²) in [7, 11) is 0. The molecule has 0 aliphatic rings. The summed E-state index contributed by atoms with van der Waals surface area (Å²) in [5.74, 6) is 1.25. The maximum atomic E-state index is 6.22. The number of nitrogens with zero attached hydrogens (tertiary/aromatic N) is 3.